The van der Waals surface area contributed by atoms with Gasteiger partial charge in [-0.15, -0.1) is 0 Å². The van der Waals surface area contributed by atoms with Crippen LogP contribution in [0, 0.1) is 0 Å². The van der Waals surface area contributed by atoms with Gasteiger partial charge >= 0.3 is 0 Å². The average Bonchev–Trinajstić information content (AvgIpc) is 2.43. The number of hydrogen-bond acceptors (Lipinski definition) is 5. The Bertz CT molecular complexity index is 610. The van der Waals surface area contributed by atoms with Crippen molar-refractivity contribution in [2.75, 3.05) is 18.5 Å². The minimum absolute atomic E-state index is 0.00829. The van der Waals surface area contributed by atoms with Gasteiger partial charge < -0.3 is 15.2 Å². The van der Waals surface area contributed by atoms with Gasteiger partial charge in [0.1, 0.15) is 5.75 Å². The van der Waals surface area contributed by atoms with Gasteiger partial charge in [-0.2, -0.15) is 0 Å². The Kier molecular flexibility index (Phi) is 4.26. The standard InChI is InChI=1S/C12H16N2O5S/c1-2-8(6-15)14-20(17,18)9-3-4-11-10(5-9)13-12(16)7-19-11/h3-5,8,14-15H,2,6-7H2,1H3,(H,13,16)/t8-/m1/s1. The first-order valence-corrected chi connectivity index (χ1v) is 7.64. The van der Waals surface area contributed by atoms with Gasteiger partial charge in [0, 0.05) is 6.04 Å². The van der Waals surface area contributed by atoms with Crippen LogP contribution >= 0.6 is 0 Å². The minimum Gasteiger partial charge on any atom is -0.482 e. The molecule has 1 aliphatic rings. The van der Waals surface area contributed by atoms with Gasteiger partial charge in [0.05, 0.1) is 17.2 Å². The average molecular weight is 300 g/mol. The van der Waals surface area contributed by atoms with Crippen molar-refractivity contribution in [3.05, 3.63) is 18.2 Å². The molecule has 8 heteroatoms. The van der Waals surface area contributed by atoms with Crippen LogP contribution in [0.2, 0.25) is 0 Å². The molecule has 0 saturated heterocycles. The van der Waals surface area contributed by atoms with E-state index in [2.05, 4.69) is 10.0 Å². The highest BCUT2D eigenvalue weighted by molar-refractivity contribution is 7.89. The van der Waals surface area contributed by atoms with Crippen LogP contribution < -0.4 is 14.8 Å². The van der Waals surface area contributed by atoms with Gasteiger partial charge in [0.25, 0.3) is 5.91 Å². The first-order valence-electron chi connectivity index (χ1n) is 6.16. The monoisotopic (exact) mass is 300 g/mol. The maximum atomic E-state index is 12.2. The van der Waals surface area contributed by atoms with Gasteiger partial charge in [-0.3, -0.25) is 4.79 Å². The maximum absolute atomic E-state index is 12.2. The van der Waals surface area contributed by atoms with E-state index in [0.29, 0.717) is 17.9 Å². The number of anilines is 1. The number of carbonyl (C=O) groups is 1. The Labute approximate surface area is 117 Å². The summed E-state index contributed by atoms with van der Waals surface area (Å²) in [5.74, 6) is 0.0968. The number of aliphatic hydroxyl groups is 1. The predicted octanol–water partition coefficient (Wildman–Crippen LogP) is 0.0667. The third-order valence-electron chi connectivity index (χ3n) is 2.93. The maximum Gasteiger partial charge on any atom is 0.262 e. The van der Waals surface area contributed by atoms with Crippen LogP contribution in [0.1, 0.15) is 13.3 Å². The Hall–Kier alpha value is -1.64. The fourth-order valence-electron chi connectivity index (χ4n) is 1.77. The first-order chi connectivity index (χ1) is 9.46. The lowest BCUT2D eigenvalue weighted by Gasteiger charge is -2.19. The quantitative estimate of drug-likeness (QED) is 0.713. The van der Waals surface area contributed by atoms with E-state index in [1.165, 1.54) is 18.2 Å². The van der Waals surface area contributed by atoms with E-state index >= 15 is 0 Å². The Morgan fingerprint density at radius 3 is 2.90 bits per heavy atom. The summed E-state index contributed by atoms with van der Waals surface area (Å²) in [4.78, 5) is 11.2. The van der Waals surface area contributed by atoms with E-state index in [0.717, 1.165) is 0 Å². The van der Waals surface area contributed by atoms with Crippen molar-refractivity contribution in [3.8, 4) is 5.75 Å². The van der Waals surface area contributed by atoms with E-state index in [4.69, 9.17) is 9.84 Å². The molecule has 0 spiro atoms. The molecule has 0 saturated carbocycles. The fourth-order valence-corrected chi connectivity index (χ4v) is 3.10. The summed E-state index contributed by atoms with van der Waals surface area (Å²) >= 11 is 0. The molecule has 1 atom stereocenters. The minimum atomic E-state index is -3.75. The SMILES string of the molecule is CC[C@H](CO)NS(=O)(=O)c1ccc2c(c1)NC(=O)CO2. The summed E-state index contributed by atoms with van der Waals surface area (Å²) in [7, 11) is -3.75. The third-order valence-corrected chi connectivity index (χ3v) is 4.45. The molecule has 0 bridgehead atoms. The molecular formula is C12H16N2O5S. The van der Waals surface area contributed by atoms with Crippen LogP contribution in [0.4, 0.5) is 5.69 Å². The molecule has 1 amide bonds. The van der Waals surface area contributed by atoms with E-state index < -0.39 is 16.1 Å². The van der Waals surface area contributed by atoms with E-state index in [-0.39, 0.29) is 24.0 Å². The van der Waals surface area contributed by atoms with E-state index in [1.54, 1.807) is 6.92 Å². The largest absolute Gasteiger partial charge is 0.482 e. The van der Waals surface area contributed by atoms with Crippen LogP contribution in [0.5, 0.6) is 5.75 Å². The normalized spacial score (nSPS) is 16.0. The number of sulfonamides is 1. The van der Waals surface area contributed by atoms with Crippen LogP contribution in [0.15, 0.2) is 23.1 Å². The highest BCUT2D eigenvalue weighted by Crippen LogP contribution is 2.30. The zero-order valence-electron chi connectivity index (χ0n) is 10.9. The van der Waals surface area contributed by atoms with E-state index in [9.17, 15) is 13.2 Å². The fraction of sp³-hybridized carbons (Fsp3) is 0.417. The number of nitrogens with one attached hydrogen (secondary N) is 2. The van der Waals surface area contributed by atoms with Gasteiger partial charge in [-0.1, -0.05) is 6.92 Å². The first kappa shape index (κ1) is 14.8. The molecule has 3 N–H and O–H groups in total. The highest BCUT2D eigenvalue weighted by Gasteiger charge is 2.22. The molecule has 0 unspecified atom stereocenters. The second kappa shape index (κ2) is 5.78. The summed E-state index contributed by atoms with van der Waals surface area (Å²) in [6.45, 7) is 1.41. The van der Waals surface area contributed by atoms with Crippen molar-refractivity contribution >= 4 is 21.6 Å². The molecule has 0 radical (unpaired) electrons. The smallest absolute Gasteiger partial charge is 0.262 e. The lowest BCUT2D eigenvalue weighted by Crippen LogP contribution is -2.37. The Morgan fingerprint density at radius 2 is 2.25 bits per heavy atom. The van der Waals surface area contributed by atoms with Crippen molar-refractivity contribution in [1.82, 2.24) is 4.72 Å². The summed E-state index contributed by atoms with van der Waals surface area (Å²) in [6.07, 6.45) is 0.473. The molecule has 2 rings (SSSR count). The van der Waals surface area contributed by atoms with Crippen molar-refractivity contribution in [3.63, 3.8) is 0 Å². The second-order valence-electron chi connectivity index (χ2n) is 4.40. The number of hydrogen-bond donors (Lipinski definition) is 3. The number of benzene rings is 1. The molecule has 0 aliphatic carbocycles. The number of rotatable bonds is 5. The van der Waals surface area contributed by atoms with Crippen LogP contribution in [-0.2, 0) is 14.8 Å². The molecule has 20 heavy (non-hydrogen) atoms. The molecule has 1 aliphatic heterocycles. The number of carbonyl (C=O) groups excluding carboxylic acids is 1. The number of fused-ring (bicyclic) bond motifs is 1. The molecule has 7 nitrogen and oxygen atoms in total. The van der Waals surface area contributed by atoms with Crippen molar-refractivity contribution < 1.29 is 23.1 Å². The topological polar surface area (TPSA) is 105 Å². The second-order valence-corrected chi connectivity index (χ2v) is 6.12. The molecule has 1 aromatic carbocycles. The summed E-state index contributed by atoms with van der Waals surface area (Å²) in [6, 6.07) is 3.67. The summed E-state index contributed by atoms with van der Waals surface area (Å²) in [5, 5.41) is 11.6. The zero-order valence-corrected chi connectivity index (χ0v) is 11.7. The lowest BCUT2D eigenvalue weighted by atomic mass is 10.2. The van der Waals surface area contributed by atoms with Gasteiger partial charge in [0.15, 0.2) is 6.61 Å². The van der Waals surface area contributed by atoms with Crippen molar-refractivity contribution in [2.45, 2.75) is 24.3 Å². The zero-order chi connectivity index (χ0) is 14.8. The van der Waals surface area contributed by atoms with Gasteiger partial charge in [-0.05, 0) is 24.6 Å². The number of ether oxygens (including phenoxy) is 1. The Morgan fingerprint density at radius 1 is 1.50 bits per heavy atom. The highest BCUT2D eigenvalue weighted by atomic mass is 32.2. The number of aliphatic hydroxyl groups excluding tert-OH is 1. The molecular weight excluding hydrogens is 284 g/mol. The van der Waals surface area contributed by atoms with Gasteiger partial charge in [0.2, 0.25) is 10.0 Å². The Balaban J connectivity index is 2.29. The summed E-state index contributed by atoms with van der Waals surface area (Å²) in [5.41, 5.74) is 0.321. The molecule has 1 aromatic rings. The lowest BCUT2D eigenvalue weighted by molar-refractivity contribution is -0.118. The van der Waals surface area contributed by atoms with E-state index in [1.807, 2.05) is 0 Å². The van der Waals surface area contributed by atoms with Crippen molar-refractivity contribution in [1.29, 1.82) is 0 Å². The van der Waals surface area contributed by atoms with Crippen molar-refractivity contribution in [2.24, 2.45) is 0 Å². The predicted molar refractivity (Wildman–Crippen MR) is 72.1 cm³/mol. The van der Waals surface area contributed by atoms with Crippen LogP contribution in [-0.4, -0.2) is 38.7 Å². The third kappa shape index (κ3) is 3.09. The summed E-state index contributed by atoms with van der Waals surface area (Å²) < 4.78 is 31.9. The molecule has 0 aromatic heterocycles. The van der Waals surface area contributed by atoms with Crippen LogP contribution in [0.3, 0.4) is 0 Å². The molecule has 1 heterocycles. The van der Waals surface area contributed by atoms with Crippen LogP contribution in [0.25, 0.3) is 0 Å². The molecule has 110 valence electrons. The van der Waals surface area contributed by atoms with Gasteiger partial charge in [-0.25, -0.2) is 13.1 Å². The number of amides is 1. The molecule has 0 fully saturated rings.